The molecule has 0 spiro atoms. The number of allylic oxidation sites excluding steroid dienone is 1. The lowest BCUT2D eigenvalue weighted by molar-refractivity contribution is 0.630. The lowest BCUT2D eigenvalue weighted by Crippen LogP contribution is -1.93. The van der Waals surface area contributed by atoms with Crippen LogP contribution in [0.3, 0.4) is 0 Å². The van der Waals surface area contributed by atoms with Crippen molar-refractivity contribution in [1.29, 1.82) is 0 Å². The van der Waals surface area contributed by atoms with E-state index in [9.17, 15) is 4.39 Å². The molecule has 0 saturated heterocycles. The molecular weight excluding hydrogens is 299 g/mol. The Morgan fingerprint density at radius 1 is 0.958 bits per heavy atom. The highest BCUT2D eigenvalue weighted by Crippen LogP contribution is 2.34. The summed E-state index contributed by atoms with van der Waals surface area (Å²) >= 11 is 0. The van der Waals surface area contributed by atoms with Gasteiger partial charge in [-0.3, -0.25) is 0 Å². The third-order valence-electron chi connectivity index (χ3n) is 4.16. The summed E-state index contributed by atoms with van der Waals surface area (Å²) in [6.07, 6.45) is 4.08. The number of para-hydroxylation sites is 1. The first-order chi connectivity index (χ1) is 11.8. The quantitative estimate of drug-likeness (QED) is 0.460. The number of rotatable bonds is 3. The second-order valence-corrected chi connectivity index (χ2v) is 5.76. The van der Waals surface area contributed by atoms with E-state index >= 15 is 0 Å². The monoisotopic (exact) mass is 316 g/mol. The van der Waals surface area contributed by atoms with Crippen LogP contribution in [0.4, 0.5) is 15.8 Å². The summed E-state index contributed by atoms with van der Waals surface area (Å²) in [5.41, 5.74) is 5.06. The summed E-state index contributed by atoms with van der Waals surface area (Å²) < 4.78 is 13.6. The maximum absolute atomic E-state index is 13.6. The van der Waals surface area contributed by atoms with Gasteiger partial charge >= 0.3 is 0 Å². The van der Waals surface area contributed by atoms with Gasteiger partial charge in [0.15, 0.2) is 0 Å². The van der Waals surface area contributed by atoms with Crippen LogP contribution in [0.5, 0.6) is 0 Å². The smallest absolute Gasteiger partial charge is 0.123 e. The average Bonchev–Trinajstić information content (AvgIpc) is 2.96. The minimum atomic E-state index is -0.220. The zero-order chi connectivity index (χ0) is 16.5. The molecular formula is C21H17FN2. The van der Waals surface area contributed by atoms with E-state index in [2.05, 4.69) is 16.4 Å². The highest BCUT2D eigenvalue weighted by atomic mass is 19.1. The standard InChI is InChI=1S/C21H17FN2/c1-2-6-17-19(23-15-7-4-3-5-8-15)12-10-16-18-13-14(22)9-11-20(18)24-21(16)17/h2-13,23-24H,1H3/b6-2-. The highest BCUT2D eigenvalue weighted by Gasteiger charge is 2.11. The Bertz CT molecular complexity index is 1050. The Balaban J connectivity index is 1.95. The van der Waals surface area contributed by atoms with Gasteiger partial charge in [-0.1, -0.05) is 36.4 Å². The van der Waals surface area contributed by atoms with E-state index in [1.165, 1.54) is 6.07 Å². The van der Waals surface area contributed by atoms with E-state index in [0.29, 0.717) is 0 Å². The molecule has 4 aromatic rings. The van der Waals surface area contributed by atoms with Gasteiger partial charge in [-0.25, -0.2) is 4.39 Å². The number of halogens is 1. The van der Waals surface area contributed by atoms with Crippen molar-refractivity contribution in [2.45, 2.75) is 6.92 Å². The molecule has 0 saturated carbocycles. The molecule has 0 aliphatic rings. The Morgan fingerprint density at radius 2 is 1.79 bits per heavy atom. The van der Waals surface area contributed by atoms with Gasteiger partial charge in [0.1, 0.15) is 5.82 Å². The van der Waals surface area contributed by atoms with Gasteiger partial charge in [0, 0.05) is 33.2 Å². The summed E-state index contributed by atoms with van der Waals surface area (Å²) in [6, 6.07) is 19.0. The Morgan fingerprint density at radius 3 is 2.58 bits per heavy atom. The number of aromatic amines is 1. The molecule has 118 valence electrons. The molecule has 1 aromatic heterocycles. The topological polar surface area (TPSA) is 27.8 Å². The summed E-state index contributed by atoms with van der Waals surface area (Å²) in [7, 11) is 0. The second kappa shape index (κ2) is 5.85. The normalized spacial score (nSPS) is 11.6. The molecule has 2 N–H and O–H groups in total. The first-order valence-electron chi connectivity index (χ1n) is 7.95. The number of nitrogens with one attached hydrogen (secondary N) is 2. The van der Waals surface area contributed by atoms with Crippen LogP contribution in [0, 0.1) is 5.82 Å². The van der Waals surface area contributed by atoms with Crippen molar-refractivity contribution in [3.63, 3.8) is 0 Å². The molecule has 0 atom stereocenters. The molecule has 0 fully saturated rings. The van der Waals surface area contributed by atoms with Crippen molar-refractivity contribution in [1.82, 2.24) is 4.98 Å². The molecule has 0 bridgehead atoms. The van der Waals surface area contributed by atoms with E-state index in [-0.39, 0.29) is 5.82 Å². The molecule has 0 amide bonds. The van der Waals surface area contributed by atoms with Crippen LogP contribution < -0.4 is 5.32 Å². The maximum Gasteiger partial charge on any atom is 0.123 e. The van der Waals surface area contributed by atoms with Gasteiger partial charge < -0.3 is 10.3 Å². The molecule has 4 rings (SSSR count). The minimum absolute atomic E-state index is 0.220. The van der Waals surface area contributed by atoms with Crippen LogP contribution in [0.15, 0.2) is 66.7 Å². The van der Waals surface area contributed by atoms with E-state index in [0.717, 1.165) is 38.7 Å². The Labute approximate surface area is 139 Å². The number of fused-ring (bicyclic) bond motifs is 3. The van der Waals surface area contributed by atoms with E-state index < -0.39 is 0 Å². The molecule has 24 heavy (non-hydrogen) atoms. The lowest BCUT2D eigenvalue weighted by atomic mass is 10.1. The molecule has 1 heterocycles. The van der Waals surface area contributed by atoms with Crippen molar-refractivity contribution in [3.05, 3.63) is 78.1 Å². The van der Waals surface area contributed by atoms with Gasteiger partial charge in [0.05, 0.1) is 5.52 Å². The third-order valence-corrected chi connectivity index (χ3v) is 4.16. The molecule has 0 aliphatic heterocycles. The first-order valence-corrected chi connectivity index (χ1v) is 7.95. The number of H-pyrrole nitrogens is 1. The van der Waals surface area contributed by atoms with Crippen LogP contribution in [0.2, 0.25) is 0 Å². The van der Waals surface area contributed by atoms with Gasteiger partial charge in [-0.2, -0.15) is 0 Å². The van der Waals surface area contributed by atoms with Crippen molar-refractivity contribution in [2.24, 2.45) is 0 Å². The van der Waals surface area contributed by atoms with E-state index in [1.54, 1.807) is 12.1 Å². The first kappa shape index (κ1) is 14.5. The molecule has 0 aliphatic carbocycles. The molecule has 3 aromatic carbocycles. The van der Waals surface area contributed by atoms with Crippen LogP contribution in [-0.4, -0.2) is 4.98 Å². The number of anilines is 2. The SMILES string of the molecule is C/C=C\c1c(Nc2ccccc2)ccc2c1[nH]c1ccc(F)cc12. The summed E-state index contributed by atoms with van der Waals surface area (Å²) in [5.74, 6) is -0.220. The third kappa shape index (κ3) is 2.44. The van der Waals surface area contributed by atoms with Gasteiger partial charge in [0.25, 0.3) is 0 Å². The predicted octanol–water partition coefficient (Wildman–Crippen LogP) is 6.24. The zero-order valence-electron chi connectivity index (χ0n) is 13.3. The van der Waals surface area contributed by atoms with Crippen molar-refractivity contribution < 1.29 is 4.39 Å². The number of aromatic nitrogens is 1. The predicted molar refractivity (Wildman–Crippen MR) is 100 cm³/mol. The summed E-state index contributed by atoms with van der Waals surface area (Å²) in [4.78, 5) is 3.43. The van der Waals surface area contributed by atoms with Crippen LogP contribution >= 0.6 is 0 Å². The molecule has 0 unspecified atom stereocenters. The summed E-state index contributed by atoms with van der Waals surface area (Å²) in [5, 5.41) is 5.39. The van der Waals surface area contributed by atoms with Gasteiger partial charge in [0.2, 0.25) is 0 Å². The Hall–Kier alpha value is -3.07. The van der Waals surface area contributed by atoms with Crippen LogP contribution in [0.1, 0.15) is 12.5 Å². The van der Waals surface area contributed by atoms with E-state index in [4.69, 9.17) is 0 Å². The number of benzene rings is 3. The summed E-state index contributed by atoms with van der Waals surface area (Å²) in [6.45, 7) is 1.99. The van der Waals surface area contributed by atoms with E-state index in [1.807, 2.05) is 55.5 Å². The maximum atomic E-state index is 13.6. The number of hydrogen-bond donors (Lipinski definition) is 2. The van der Waals surface area contributed by atoms with Crippen molar-refractivity contribution >= 4 is 39.3 Å². The average molecular weight is 316 g/mol. The van der Waals surface area contributed by atoms with Crippen molar-refractivity contribution in [3.8, 4) is 0 Å². The fourth-order valence-electron chi connectivity index (χ4n) is 3.09. The fourth-order valence-corrected chi connectivity index (χ4v) is 3.09. The van der Waals surface area contributed by atoms with Gasteiger partial charge in [-0.15, -0.1) is 0 Å². The second-order valence-electron chi connectivity index (χ2n) is 5.76. The highest BCUT2D eigenvalue weighted by molar-refractivity contribution is 6.11. The fraction of sp³-hybridized carbons (Fsp3) is 0.0476. The zero-order valence-corrected chi connectivity index (χ0v) is 13.3. The van der Waals surface area contributed by atoms with Gasteiger partial charge in [-0.05, 0) is 43.3 Å². The number of hydrogen-bond acceptors (Lipinski definition) is 1. The minimum Gasteiger partial charge on any atom is -0.355 e. The largest absolute Gasteiger partial charge is 0.355 e. The molecule has 3 heteroatoms. The van der Waals surface area contributed by atoms with Crippen LogP contribution in [-0.2, 0) is 0 Å². The molecule has 0 radical (unpaired) electrons. The van der Waals surface area contributed by atoms with Crippen molar-refractivity contribution in [2.75, 3.05) is 5.32 Å². The Kier molecular flexibility index (Phi) is 3.54. The lowest BCUT2D eigenvalue weighted by Gasteiger charge is -2.11. The molecule has 2 nitrogen and oxygen atoms in total. The van der Waals surface area contributed by atoms with Crippen LogP contribution in [0.25, 0.3) is 27.9 Å².